The zero-order valence-corrected chi connectivity index (χ0v) is 10.1. The van der Waals surface area contributed by atoms with Crippen molar-refractivity contribution in [2.45, 2.75) is 26.9 Å². The number of aliphatic hydroxyl groups is 1. The smallest absolute Gasteiger partial charge is 0.162 e. The van der Waals surface area contributed by atoms with Crippen LogP contribution in [0.15, 0.2) is 6.20 Å². The van der Waals surface area contributed by atoms with Crippen molar-refractivity contribution >= 4 is 0 Å². The first-order chi connectivity index (χ1) is 6.99. The first kappa shape index (κ1) is 12.0. The fraction of sp³-hybridized carbons (Fsp3) is 0.727. The van der Waals surface area contributed by atoms with E-state index in [1.807, 2.05) is 14.0 Å². The quantitative estimate of drug-likeness (QED) is 0.827. The van der Waals surface area contributed by atoms with Crippen LogP contribution in [-0.4, -0.2) is 22.0 Å². The molecule has 1 N–H and O–H groups in total. The fourth-order valence-electron chi connectivity index (χ4n) is 1.53. The Balaban J connectivity index is 2.98. The van der Waals surface area contributed by atoms with E-state index in [4.69, 9.17) is 4.74 Å². The summed E-state index contributed by atoms with van der Waals surface area (Å²) in [4.78, 5) is 0. The average Bonchev–Trinajstić information content (AvgIpc) is 2.57. The van der Waals surface area contributed by atoms with Gasteiger partial charge in [0.05, 0.1) is 13.3 Å². The van der Waals surface area contributed by atoms with Gasteiger partial charge in [-0.1, -0.05) is 20.8 Å². The maximum absolute atomic E-state index is 10.2. The molecule has 0 bridgehead atoms. The molecule has 0 spiro atoms. The third-order valence-corrected chi connectivity index (χ3v) is 3.00. The first-order valence-electron chi connectivity index (χ1n) is 5.23. The maximum Gasteiger partial charge on any atom is 0.162 e. The van der Waals surface area contributed by atoms with E-state index in [-0.39, 0.29) is 5.92 Å². The van der Waals surface area contributed by atoms with Crippen LogP contribution in [0.5, 0.6) is 5.75 Å². The number of aryl methyl sites for hydroxylation is 1. The van der Waals surface area contributed by atoms with E-state index in [0.717, 1.165) is 5.69 Å². The van der Waals surface area contributed by atoms with E-state index < -0.39 is 6.10 Å². The fourth-order valence-corrected chi connectivity index (χ4v) is 1.53. The minimum absolute atomic E-state index is 0.175. The van der Waals surface area contributed by atoms with Crippen molar-refractivity contribution in [3.8, 4) is 5.75 Å². The third-order valence-electron chi connectivity index (χ3n) is 3.00. The Morgan fingerprint density at radius 1 is 1.40 bits per heavy atom. The molecule has 0 aromatic carbocycles. The van der Waals surface area contributed by atoms with Crippen molar-refractivity contribution in [2.75, 3.05) is 7.11 Å². The van der Waals surface area contributed by atoms with Crippen molar-refractivity contribution < 1.29 is 9.84 Å². The Labute approximate surface area is 90.9 Å². The number of ether oxygens (including phenoxy) is 1. The van der Waals surface area contributed by atoms with Crippen LogP contribution in [0.2, 0.25) is 0 Å². The Morgan fingerprint density at radius 2 is 2.00 bits per heavy atom. The Kier molecular flexibility index (Phi) is 3.74. The van der Waals surface area contributed by atoms with Crippen molar-refractivity contribution in [1.29, 1.82) is 0 Å². The van der Waals surface area contributed by atoms with Gasteiger partial charge in [-0.15, -0.1) is 0 Å². The molecule has 15 heavy (non-hydrogen) atoms. The number of hydrogen-bond donors (Lipinski definition) is 1. The minimum atomic E-state index is -0.535. The van der Waals surface area contributed by atoms with Gasteiger partial charge in [-0.3, -0.25) is 4.68 Å². The molecule has 0 amide bonds. The van der Waals surface area contributed by atoms with Crippen LogP contribution in [0.25, 0.3) is 0 Å². The SMILES string of the molecule is COc1cnn(C)c1C(O)C(C)C(C)C. The van der Waals surface area contributed by atoms with Crippen LogP contribution in [-0.2, 0) is 7.05 Å². The second-order valence-corrected chi connectivity index (χ2v) is 4.27. The maximum atomic E-state index is 10.2. The molecule has 0 saturated heterocycles. The van der Waals surface area contributed by atoms with Crippen LogP contribution >= 0.6 is 0 Å². The number of aliphatic hydroxyl groups excluding tert-OH is 1. The summed E-state index contributed by atoms with van der Waals surface area (Å²) in [5.41, 5.74) is 0.749. The number of methoxy groups -OCH3 is 1. The molecule has 0 aliphatic rings. The predicted molar refractivity (Wildman–Crippen MR) is 58.7 cm³/mol. The van der Waals surface area contributed by atoms with E-state index >= 15 is 0 Å². The van der Waals surface area contributed by atoms with Crippen molar-refractivity contribution in [2.24, 2.45) is 18.9 Å². The second-order valence-electron chi connectivity index (χ2n) is 4.27. The molecule has 0 radical (unpaired) electrons. The lowest BCUT2D eigenvalue weighted by Crippen LogP contribution is -2.18. The lowest BCUT2D eigenvalue weighted by Gasteiger charge is -2.23. The summed E-state index contributed by atoms with van der Waals surface area (Å²) in [6.45, 7) is 6.22. The Hall–Kier alpha value is -1.03. The summed E-state index contributed by atoms with van der Waals surface area (Å²) in [6, 6.07) is 0. The Bertz CT molecular complexity index is 320. The molecule has 1 aromatic rings. The molecule has 1 rings (SSSR count). The van der Waals surface area contributed by atoms with E-state index in [1.165, 1.54) is 0 Å². The normalized spacial score (nSPS) is 15.4. The largest absolute Gasteiger partial charge is 0.493 e. The van der Waals surface area contributed by atoms with Gasteiger partial charge < -0.3 is 9.84 Å². The molecule has 0 saturated carbocycles. The molecule has 0 fully saturated rings. The number of rotatable bonds is 4. The first-order valence-corrected chi connectivity index (χ1v) is 5.23. The van der Waals surface area contributed by atoms with E-state index in [9.17, 15) is 5.11 Å². The van der Waals surface area contributed by atoms with Crippen LogP contribution in [0.3, 0.4) is 0 Å². The van der Waals surface area contributed by atoms with Gasteiger partial charge in [0.25, 0.3) is 0 Å². The summed E-state index contributed by atoms with van der Waals surface area (Å²) in [6.07, 6.45) is 1.10. The van der Waals surface area contributed by atoms with Gasteiger partial charge in [0, 0.05) is 7.05 Å². The van der Waals surface area contributed by atoms with E-state index in [0.29, 0.717) is 11.7 Å². The molecule has 4 heteroatoms. The van der Waals surface area contributed by atoms with Crippen molar-refractivity contribution in [3.63, 3.8) is 0 Å². The van der Waals surface area contributed by atoms with E-state index in [1.54, 1.807) is 18.0 Å². The zero-order chi connectivity index (χ0) is 11.6. The third kappa shape index (κ3) is 2.31. The lowest BCUT2D eigenvalue weighted by molar-refractivity contribution is 0.0821. The molecule has 4 nitrogen and oxygen atoms in total. The summed E-state index contributed by atoms with van der Waals surface area (Å²) >= 11 is 0. The summed E-state index contributed by atoms with van der Waals surface area (Å²) in [5, 5.41) is 14.3. The van der Waals surface area contributed by atoms with Gasteiger partial charge in [0.1, 0.15) is 11.8 Å². The molecule has 1 aromatic heterocycles. The highest BCUT2D eigenvalue weighted by Gasteiger charge is 2.25. The highest BCUT2D eigenvalue weighted by molar-refractivity contribution is 5.27. The van der Waals surface area contributed by atoms with Crippen LogP contribution in [0.1, 0.15) is 32.6 Å². The molecule has 0 aliphatic heterocycles. The monoisotopic (exact) mass is 212 g/mol. The molecular formula is C11H20N2O2. The second kappa shape index (κ2) is 4.66. The van der Waals surface area contributed by atoms with Crippen molar-refractivity contribution in [1.82, 2.24) is 9.78 Å². The number of hydrogen-bond acceptors (Lipinski definition) is 3. The summed E-state index contributed by atoms with van der Waals surface area (Å²) in [7, 11) is 3.40. The van der Waals surface area contributed by atoms with Gasteiger partial charge in [0.2, 0.25) is 0 Å². The molecule has 1 heterocycles. The van der Waals surface area contributed by atoms with Gasteiger partial charge in [-0.2, -0.15) is 5.10 Å². The summed E-state index contributed by atoms with van der Waals surface area (Å²) < 4.78 is 6.84. The Morgan fingerprint density at radius 3 is 2.47 bits per heavy atom. The topological polar surface area (TPSA) is 47.3 Å². The average molecular weight is 212 g/mol. The number of nitrogens with zero attached hydrogens (tertiary/aromatic N) is 2. The van der Waals surface area contributed by atoms with E-state index in [2.05, 4.69) is 18.9 Å². The van der Waals surface area contributed by atoms with Crippen LogP contribution in [0, 0.1) is 11.8 Å². The van der Waals surface area contributed by atoms with Gasteiger partial charge in [-0.25, -0.2) is 0 Å². The van der Waals surface area contributed by atoms with Crippen LogP contribution < -0.4 is 4.74 Å². The highest BCUT2D eigenvalue weighted by atomic mass is 16.5. The van der Waals surface area contributed by atoms with Gasteiger partial charge >= 0.3 is 0 Å². The predicted octanol–water partition coefficient (Wildman–Crippen LogP) is 1.75. The molecular weight excluding hydrogens is 192 g/mol. The molecule has 2 unspecified atom stereocenters. The van der Waals surface area contributed by atoms with Gasteiger partial charge in [0.15, 0.2) is 5.75 Å². The molecule has 0 aliphatic carbocycles. The lowest BCUT2D eigenvalue weighted by atomic mass is 9.90. The highest BCUT2D eigenvalue weighted by Crippen LogP contribution is 2.32. The standard InChI is InChI=1S/C11H20N2O2/c1-7(2)8(3)11(14)10-9(15-5)6-12-13(10)4/h6-8,11,14H,1-5H3. The number of aromatic nitrogens is 2. The van der Waals surface area contributed by atoms with Crippen LogP contribution in [0.4, 0.5) is 0 Å². The minimum Gasteiger partial charge on any atom is -0.493 e. The van der Waals surface area contributed by atoms with Gasteiger partial charge in [-0.05, 0) is 11.8 Å². The molecule has 86 valence electrons. The van der Waals surface area contributed by atoms with Crippen molar-refractivity contribution in [3.05, 3.63) is 11.9 Å². The zero-order valence-electron chi connectivity index (χ0n) is 10.1. The molecule has 2 atom stereocenters. The summed E-state index contributed by atoms with van der Waals surface area (Å²) in [5.74, 6) is 1.24.